The molecular weight excluding hydrogens is 305 g/mol. The molecule has 0 bridgehead atoms. The number of hydrogen-bond acceptors (Lipinski definition) is 2. The summed E-state index contributed by atoms with van der Waals surface area (Å²) in [5.41, 5.74) is 0.636. The fraction of sp³-hybridized carbons (Fsp3) is 0.333. The summed E-state index contributed by atoms with van der Waals surface area (Å²) >= 11 is 3.04. The molecular formula is C12H11BrFNO3. The first-order valence-corrected chi connectivity index (χ1v) is 6.23. The lowest BCUT2D eigenvalue weighted by Crippen LogP contribution is -2.25. The molecule has 2 N–H and O–H groups in total. The van der Waals surface area contributed by atoms with E-state index in [0.717, 1.165) is 0 Å². The lowest BCUT2D eigenvalue weighted by molar-refractivity contribution is -0.140. The smallest absolute Gasteiger partial charge is 0.307 e. The number of carboxylic acid groups (broad SMARTS) is 1. The van der Waals surface area contributed by atoms with Gasteiger partial charge in [0.2, 0.25) is 5.91 Å². The molecule has 1 aromatic rings. The Morgan fingerprint density at radius 1 is 1.44 bits per heavy atom. The van der Waals surface area contributed by atoms with Crippen LogP contribution in [0, 0.1) is 17.7 Å². The number of amides is 1. The molecule has 1 saturated carbocycles. The van der Waals surface area contributed by atoms with E-state index < -0.39 is 23.6 Å². The third-order valence-corrected chi connectivity index (χ3v) is 3.54. The Balaban J connectivity index is 1.87. The van der Waals surface area contributed by atoms with Gasteiger partial charge < -0.3 is 10.4 Å². The Morgan fingerprint density at radius 3 is 2.72 bits per heavy atom. The Labute approximate surface area is 111 Å². The Hall–Kier alpha value is -1.43. The monoisotopic (exact) mass is 315 g/mol. The van der Waals surface area contributed by atoms with Crippen molar-refractivity contribution in [1.29, 1.82) is 0 Å². The Morgan fingerprint density at radius 2 is 2.17 bits per heavy atom. The van der Waals surface area contributed by atoms with Crippen LogP contribution in [0.4, 0.5) is 4.39 Å². The number of hydrogen-bond donors (Lipinski definition) is 2. The van der Waals surface area contributed by atoms with Crippen LogP contribution >= 0.6 is 15.9 Å². The minimum Gasteiger partial charge on any atom is -0.481 e. The predicted octanol–water partition coefficient (Wildman–Crippen LogP) is 1.93. The maximum absolute atomic E-state index is 13.2. The zero-order valence-electron chi connectivity index (χ0n) is 9.32. The van der Waals surface area contributed by atoms with Crippen LogP contribution in [-0.4, -0.2) is 17.0 Å². The van der Waals surface area contributed by atoms with Crippen molar-refractivity contribution < 1.29 is 19.1 Å². The van der Waals surface area contributed by atoms with Crippen LogP contribution in [0.1, 0.15) is 12.0 Å². The highest BCUT2D eigenvalue weighted by atomic mass is 79.9. The van der Waals surface area contributed by atoms with E-state index in [9.17, 15) is 14.0 Å². The molecule has 0 saturated heterocycles. The number of carbonyl (C=O) groups is 2. The van der Waals surface area contributed by atoms with Gasteiger partial charge >= 0.3 is 5.97 Å². The van der Waals surface area contributed by atoms with E-state index in [1.54, 1.807) is 12.1 Å². The summed E-state index contributed by atoms with van der Waals surface area (Å²) in [5.74, 6) is -2.62. The number of nitrogens with one attached hydrogen (secondary N) is 1. The molecule has 0 unspecified atom stereocenters. The average Bonchev–Trinajstić information content (AvgIpc) is 3.10. The molecule has 2 rings (SSSR count). The molecule has 0 spiro atoms. The van der Waals surface area contributed by atoms with Crippen molar-refractivity contribution in [3.63, 3.8) is 0 Å². The fourth-order valence-corrected chi connectivity index (χ4v) is 1.97. The average molecular weight is 316 g/mol. The van der Waals surface area contributed by atoms with Crippen molar-refractivity contribution in [3.05, 3.63) is 34.1 Å². The highest BCUT2D eigenvalue weighted by Gasteiger charge is 2.48. The first-order valence-electron chi connectivity index (χ1n) is 5.43. The van der Waals surface area contributed by atoms with Gasteiger partial charge in [0.25, 0.3) is 0 Å². The van der Waals surface area contributed by atoms with Crippen molar-refractivity contribution >= 4 is 27.8 Å². The second-order valence-corrected chi connectivity index (χ2v) is 5.11. The fourth-order valence-electron chi connectivity index (χ4n) is 1.73. The molecule has 0 aromatic heterocycles. The van der Waals surface area contributed by atoms with E-state index in [1.807, 2.05) is 0 Å². The van der Waals surface area contributed by atoms with Crippen molar-refractivity contribution in [3.8, 4) is 0 Å². The van der Waals surface area contributed by atoms with Crippen LogP contribution in [0.5, 0.6) is 0 Å². The van der Waals surface area contributed by atoms with Crippen LogP contribution in [0.2, 0.25) is 0 Å². The van der Waals surface area contributed by atoms with Gasteiger partial charge in [-0.2, -0.15) is 0 Å². The Bertz CT molecular complexity index is 506. The molecule has 0 heterocycles. The highest BCUT2D eigenvalue weighted by molar-refractivity contribution is 9.10. The molecule has 96 valence electrons. The second-order valence-electron chi connectivity index (χ2n) is 4.25. The normalized spacial score (nSPS) is 21.4. The van der Waals surface area contributed by atoms with Gasteiger partial charge in [-0.1, -0.05) is 6.07 Å². The van der Waals surface area contributed by atoms with Crippen LogP contribution in [-0.2, 0) is 16.1 Å². The number of aliphatic carboxylic acids is 1. The molecule has 1 fully saturated rings. The first-order chi connectivity index (χ1) is 8.49. The Kier molecular flexibility index (Phi) is 3.65. The van der Waals surface area contributed by atoms with Crippen molar-refractivity contribution in [2.45, 2.75) is 13.0 Å². The van der Waals surface area contributed by atoms with Gasteiger partial charge in [-0.05, 0) is 40.0 Å². The van der Waals surface area contributed by atoms with Gasteiger partial charge in [0, 0.05) is 6.54 Å². The van der Waals surface area contributed by atoms with E-state index in [-0.39, 0.29) is 12.5 Å². The number of halogens is 2. The SMILES string of the molecule is O=C(O)[C@@H]1C[C@H]1C(=O)NCc1ccc(Br)c(F)c1. The molecule has 18 heavy (non-hydrogen) atoms. The summed E-state index contributed by atoms with van der Waals surface area (Å²) in [5, 5.41) is 11.3. The molecule has 1 aliphatic carbocycles. The van der Waals surface area contributed by atoms with Crippen LogP contribution in [0.15, 0.2) is 22.7 Å². The summed E-state index contributed by atoms with van der Waals surface area (Å²) in [6, 6.07) is 4.58. The van der Waals surface area contributed by atoms with Gasteiger partial charge in [-0.3, -0.25) is 9.59 Å². The zero-order chi connectivity index (χ0) is 13.3. The molecule has 1 aliphatic rings. The van der Waals surface area contributed by atoms with E-state index >= 15 is 0 Å². The standard InChI is InChI=1S/C12H11BrFNO3/c13-9-2-1-6(3-10(9)14)5-15-11(16)7-4-8(7)12(17)18/h1-3,7-8H,4-5H2,(H,15,16)(H,17,18)/t7-,8-/m1/s1. The largest absolute Gasteiger partial charge is 0.481 e. The summed E-state index contributed by atoms with van der Waals surface area (Å²) in [6.07, 6.45) is 0.385. The summed E-state index contributed by atoms with van der Waals surface area (Å²) < 4.78 is 13.6. The van der Waals surface area contributed by atoms with Gasteiger partial charge in [-0.25, -0.2) is 4.39 Å². The topological polar surface area (TPSA) is 66.4 Å². The van der Waals surface area contributed by atoms with Gasteiger partial charge in [-0.15, -0.1) is 0 Å². The maximum Gasteiger partial charge on any atom is 0.307 e. The third-order valence-electron chi connectivity index (χ3n) is 2.90. The third kappa shape index (κ3) is 2.87. The van der Waals surface area contributed by atoms with Gasteiger partial charge in [0.15, 0.2) is 0 Å². The van der Waals surface area contributed by atoms with Crippen molar-refractivity contribution in [1.82, 2.24) is 5.32 Å². The van der Waals surface area contributed by atoms with E-state index in [4.69, 9.17) is 5.11 Å². The lowest BCUT2D eigenvalue weighted by Gasteiger charge is -2.05. The molecule has 4 nitrogen and oxygen atoms in total. The quantitative estimate of drug-likeness (QED) is 0.892. The highest BCUT2D eigenvalue weighted by Crippen LogP contribution is 2.38. The summed E-state index contributed by atoms with van der Waals surface area (Å²) in [6.45, 7) is 0.200. The summed E-state index contributed by atoms with van der Waals surface area (Å²) in [4.78, 5) is 22.2. The van der Waals surface area contributed by atoms with E-state index in [2.05, 4.69) is 21.2 Å². The predicted molar refractivity (Wildman–Crippen MR) is 65.2 cm³/mol. The van der Waals surface area contributed by atoms with Crippen LogP contribution < -0.4 is 5.32 Å². The van der Waals surface area contributed by atoms with Crippen LogP contribution in [0.25, 0.3) is 0 Å². The minimum atomic E-state index is -0.940. The van der Waals surface area contributed by atoms with Gasteiger partial charge in [0.05, 0.1) is 16.3 Å². The maximum atomic E-state index is 13.2. The number of benzene rings is 1. The minimum absolute atomic E-state index is 0.200. The number of carboxylic acids is 1. The number of rotatable bonds is 4. The molecule has 1 aromatic carbocycles. The lowest BCUT2D eigenvalue weighted by atomic mass is 10.2. The van der Waals surface area contributed by atoms with E-state index in [0.29, 0.717) is 16.5 Å². The summed E-state index contributed by atoms with van der Waals surface area (Å²) in [7, 11) is 0. The molecule has 0 aliphatic heterocycles. The second kappa shape index (κ2) is 5.06. The molecule has 6 heteroatoms. The molecule has 0 radical (unpaired) electrons. The molecule has 2 atom stereocenters. The van der Waals surface area contributed by atoms with Crippen molar-refractivity contribution in [2.24, 2.45) is 11.8 Å². The van der Waals surface area contributed by atoms with Gasteiger partial charge in [0.1, 0.15) is 5.82 Å². The number of carbonyl (C=O) groups excluding carboxylic acids is 1. The van der Waals surface area contributed by atoms with Crippen molar-refractivity contribution in [2.75, 3.05) is 0 Å². The van der Waals surface area contributed by atoms with E-state index in [1.165, 1.54) is 6.07 Å². The van der Waals surface area contributed by atoms with Crippen LogP contribution in [0.3, 0.4) is 0 Å². The first kappa shape index (κ1) is 13.0. The molecule has 1 amide bonds. The zero-order valence-corrected chi connectivity index (χ0v) is 10.9.